The van der Waals surface area contributed by atoms with Crippen LogP contribution in [0.5, 0.6) is 0 Å². The van der Waals surface area contributed by atoms with Crippen molar-refractivity contribution in [1.82, 2.24) is 14.8 Å². The number of ketones is 1. The smallest absolute Gasteiger partial charge is 0.410 e. The average Bonchev–Trinajstić information content (AvgIpc) is 2.90. The number of hydrogen-bond donors (Lipinski definition) is 1. The lowest BCUT2D eigenvalue weighted by atomic mass is 10.0. The first kappa shape index (κ1) is 28.4. The number of halogens is 1. The van der Waals surface area contributed by atoms with Crippen LogP contribution >= 0.6 is 11.6 Å². The van der Waals surface area contributed by atoms with Crippen molar-refractivity contribution >= 4 is 40.1 Å². The lowest BCUT2D eigenvalue weighted by molar-refractivity contribution is 0.0144. The third-order valence-electron chi connectivity index (χ3n) is 6.57. The van der Waals surface area contributed by atoms with Gasteiger partial charge in [-0.1, -0.05) is 41.6 Å². The molecular formula is C31H35ClN4O3. The maximum Gasteiger partial charge on any atom is 0.410 e. The Balaban J connectivity index is 1.23. The highest BCUT2D eigenvalue weighted by Crippen LogP contribution is 2.25. The van der Waals surface area contributed by atoms with Crippen LogP contribution in [-0.4, -0.2) is 65.0 Å². The summed E-state index contributed by atoms with van der Waals surface area (Å²) in [6, 6.07) is 12.9. The average molecular weight is 547 g/mol. The molecule has 3 aromatic rings. The number of ether oxygens (including phenoxy) is 1. The molecule has 39 heavy (non-hydrogen) atoms. The number of nitrogens with two attached hydrogens (primary N) is 1. The first-order valence-corrected chi connectivity index (χ1v) is 13.7. The van der Waals surface area contributed by atoms with E-state index >= 15 is 0 Å². The molecule has 2 heterocycles. The van der Waals surface area contributed by atoms with Gasteiger partial charge in [0.2, 0.25) is 0 Å². The predicted octanol–water partition coefficient (Wildman–Crippen LogP) is 5.78. The predicted molar refractivity (Wildman–Crippen MR) is 156 cm³/mol. The van der Waals surface area contributed by atoms with Gasteiger partial charge in [-0.15, -0.1) is 0 Å². The van der Waals surface area contributed by atoms with Gasteiger partial charge in [-0.3, -0.25) is 9.69 Å². The molecule has 4 rings (SSSR count). The van der Waals surface area contributed by atoms with E-state index in [2.05, 4.69) is 21.7 Å². The van der Waals surface area contributed by atoms with E-state index in [9.17, 15) is 9.59 Å². The first-order valence-electron chi connectivity index (χ1n) is 13.3. The molecule has 2 N–H and O–H groups in total. The first-order chi connectivity index (χ1) is 18.6. The van der Waals surface area contributed by atoms with Crippen molar-refractivity contribution in [3.63, 3.8) is 0 Å². The van der Waals surface area contributed by atoms with Crippen molar-refractivity contribution in [2.75, 3.05) is 38.5 Å². The molecule has 0 saturated carbocycles. The molecule has 204 valence electrons. The SMILES string of the molecule is CC(C)(C)OC(=O)N1CCN(CCCCC(=O)c2ccc(C#Cc3c(N)ncc4ccc(Cl)cc34)cc2)CC1. The minimum absolute atomic E-state index is 0.126. The van der Waals surface area contributed by atoms with Crippen LogP contribution in [0.15, 0.2) is 48.7 Å². The van der Waals surface area contributed by atoms with Crippen molar-refractivity contribution in [3.05, 3.63) is 70.4 Å². The maximum absolute atomic E-state index is 12.7. The largest absolute Gasteiger partial charge is 0.444 e. The summed E-state index contributed by atoms with van der Waals surface area (Å²) in [6.07, 6.45) is 3.72. The van der Waals surface area contributed by atoms with Gasteiger partial charge in [0.1, 0.15) is 11.4 Å². The number of carbonyl (C=O) groups excluding carboxylic acids is 2. The molecular weight excluding hydrogens is 512 g/mol. The number of carbonyl (C=O) groups is 2. The third-order valence-corrected chi connectivity index (χ3v) is 6.81. The van der Waals surface area contributed by atoms with Gasteiger partial charge in [0.15, 0.2) is 5.78 Å². The van der Waals surface area contributed by atoms with Crippen molar-refractivity contribution in [1.29, 1.82) is 0 Å². The number of nitrogens with zero attached hydrogens (tertiary/aromatic N) is 3. The van der Waals surface area contributed by atoms with E-state index < -0.39 is 5.60 Å². The summed E-state index contributed by atoms with van der Waals surface area (Å²) < 4.78 is 5.46. The fourth-order valence-corrected chi connectivity index (χ4v) is 4.62. The van der Waals surface area contributed by atoms with E-state index in [4.69, 9.17) is 22.1 Å². The van der Waals surface area contributed by atoms with E-state index in [1.165, 1.54) is 0 Å². The van der Waals surface area contributed by atoms with Crippen LogP contribution < -0.4 is 5.73 Å². The molecule has 1 aromatic heterocycles. The molecule has 1 fully saturated rings. The highest BCUT2D eigenvalue weighted by Gasteiger charge is 2.25. The summed E-state index contributed by atoms with van der Waals surface area (Å²) in [5, 5.41) is 2.39. The summed E-state index contributed by atoms with van der Waals surface area (Å²) in [5.41, 5.74) is 7.72. The number of hydrogen-bond acceptors (Lipinski definition) is 6. The van der Waals surface area contributed by atoms with Crippen LogP contribution in [0.2, 0.25) is 5.02 Å². The molecule has 1 saturated heterocycles. The van der Waals surface area contributed by atoms with E-state index in [0.29, 0.717) is 41.5 Å². The normalized spacial score (nSPS) is 14.1. The molecule has 7 nitrogen and oxygen atoms in total. The van der Waals surface area contributed by atoms with Gasteiger partial charge in [-0.2, -0.15) is 0 Å². The van der Waals surface area contributed by atoms with Crippen LogP contribution in [0.25, 0.3) is 10.8 Å². The van der Waals surface area contributed by atoms with E-state index in [-0.39, 0.29) is 11.9 Å². The number of amides is 1. The van der Waals surface area contributed by atoms with Crippen molar-refractivity contribution < 1.29 is 14.3 Å². The molecule has 0 unspecified atom stereocenters. The van der Waals surface area contributed by atoms with Gasteiger partial charge < -0.3 is 15.4 Å². The highest BCUT2D eigenvalue weighted by molar-refractivity contribution is 6.31. The summed E-state index contributed by atoms with van der Waals surface area (Å²) >= 11 is 6.16. The molecule has 0 bridgehead atoms. The molecule has 0 atom stereocenters. The number of Topliss-reactive ketones (excluding diaryl/α,β-unsaturated/α-hetero) is 1. The second kappa shape index (κ2) is 12.5. The second-order valence-electron chi connectivity index (χ2n) is 10.8. The zero-order chi connectivity index (χ0) is 28.0. The number of anilines is 1. The van der Waals surface area contributed by atoms with E-state index in [0.717, 1.165) is 48.8 Å². The van der Waals surface area contributed by atoms with Gasteiger partial charge >= 0.3 is 6.09 Å². The molecule has 8 heteroatoms. The van der Waals surface area contributed by atoms with E-state index in [1.54, 1.807) is 11.1 Å². The molecule has 0 radical (unpaired) electrons. The van der Waals surface area contributed by atoms with Crippen molar-refractivity contribution in [2.24, 2.45) is 0 Å². The fourth-order valence-electron chi connectivity index (χ4n) is 4.45. The molecule has 1 aliphatic heterocycles. The minimum atomic E-state index is -0.479. The molecule has 0 aliphatic carbocycles. The number of piperazine rings is 1. The van der Waals surface area contributed by atoms with Crippen molar-refractivity contribution in [3.8, 4) is 11.8 Å². The lowest BCUT2D eigenvalue weighted by Gasteiger charge is -2.35. The number of fused-ring (bicyclic) bond motifs is 1. The van der Waals surface area contributed by atoms with Gasteiger partial charge in [0.05, 0.1) is 5.56 Å². The summed E-state index contributed by atoms with van der Waals surface area (Å²) in [5.74, 6) is 6.73. The van der Waals surface area contributed by atoms with Gasteiger partial charge in [0, 0.05) is 65.7 Å². The Bertz CT molecular complexity index is 1390. The van der Waals surface area contributed by atoms with Crippen LogP contribution in [0, 0.1) is 11.8 Å². The third kappa shape index (κ3) is 7.95. The molecule has 1 amide bonds. The Morgan fingerprint density at radius 2 is 1.74 bits per heavy atom. The second-order valence-corrected chi connectivity index (χ2v) is 11.2. The van der Waals surface area contributed by atoms with Crippen LogP contribution in [0.1, 0.15) is 61.5 Å². The quantitative estimate of drug-likeness (QED) is 0.240. The number of unbranched alkanes of at least 4 members (excludes halogenated alkanes) is 1. The summed E-state index contributed by atoms with van der Waals surface area (Å²) in [7, 11) is 0. The fraction of sp³-hybridized carbons (Fsp3) is 0.387. The summed E-state index contributed by atoms with van der Waals surface area (Å²) in [4.78, 5) is 33.3. The molecule has 1 aliphatic rings. The van der Waals surface area contributed by atoms with Crippen LogP contribution in [-0.2, 0) is 4.74 Å². The Hall–Kier alpha value is -3.60. The Labute approximate surface area is 235 Å². The van der Waals surface area contributed by atoms with Gasteiger partial charge in [-0.05, 0) is 64.4 Å². The Morgan fingerprint density at radius 3 is 2.44 bits per heavy atom. The summed E-state index contributed by atoms with van der Waals surface area (Å²) in [6.45, 7) is 9.53. The Morgan fingerprint density at radius 1 is 1.03 bits per heavy atom. The van der Waals surface area contributed by atoms with E-state index in [1.807, 2.05) is 63.2 Å². The Kier molecular flexibility index (Phi) is 9.11. The topological polar surface area (TPSA) is 88.8 Å². The molecule has 2 aromatic carbocycles. The monoisotopic (exact) mass is 546 g/mol. The zero-order valence-corrected chi connectivity index (χ0v) is 23.6. The lowest BCUT2D eigenvalue weighted by Crippen LogP contribution is -2.50. The highest BCUT2D eigenvalue weighted by atomic mass is 35.5. The number of benzene rings is 2. The van der Waals surface area contributed by atoms with Gasteiger partial charge in [-0.25, -0.2) is 9.78 Å². The maximum atomic E-state index is 12.7. The number of rotatable bonds is 6. The van der Waals surface area contributed by atoms with Crippen LogP contribution in [0.4, 0.5) is 10.6 Å². The zero-order valence-electron chi connectivity index (χ0n) is 22.8. The van der Waals surface area contributed by atoms with Gasteiger partial charge in [0.25, 0.3) is 0 Å². The van der Waals surface area contributed by atoms with Crippen molar-refractivity contribution in [2.45, 2.75) is 45.6 Å². The number of aromatic nitrogens is 1. The number of pyridine rings is 1. The standard InChI is InChI=1S/C31H35ClN4O3/c1-31(2,3)39-30(38)36-18-16-35(17-19-36)15-5-4-6-28(37)23-10-7-22(8-11-23)9-14-26-27-20-25(32)13-12-24(27)21-34-29(26)33/h7-8,10-13,20-21H,4-6,15-19H2,1-3H3,(H2,33,34). The number of nitrogen functional groups attached to an aromatic ring is 1. The minimum Gasteiger partial charge on any atom is -0.444 e. The molecule has 0 spiro atoms. The van der Waals surface area contributed by atoms with Crippen LogP contribution in [0.3, 0.4) is 0 Å².